The fraction of sp³-hybridized carbons (Fsp3) is 0.500. The van der Waals surface area contributed by atoms with Crippen LogP contribution in [0.2, 0.25) is 0 Å². The molecule has 23 heavy (non-hydrogen) atoms. The molecule has 3 rings (SSSR count). The standard InChI is InChI=1S/C16H22N6O/c1-12-19-20-15(21(12)2)11-22-9-6-13(7-10-22)18-16(23)14-5-3-4-8-17-14/h3-5,8,13H,6-7,9-11H2,1-2H3,(H,18,23). The lowest BCUT2D eigenvalue weighted by Crippen LogP contribution is -2.44. The number of pyridine rings is 1. The van der Waals surface area contributed by atoms with Crippen molar-refractivity contribution in [2.24, 2.45) is 7.05 Å². The van der Waals surface area contributed by atoms with Gasteiger partial charge in [0.2, 0.25) is 0 Å². The van der Waals surface area contributed by atoms with Crippen molar-refractivity contribution in [3.8, 4) is 0 Å². The van der Waals surface area contributed by atoms with Crippen molar-refractivity contribution >= 4 is 5.91 Å². The average Bonchev–Trinajstić information content (AvgIpc) is 2.89. The first-order valence-electron chi connectivity index (χ1n) is 7.92. The molecule has 0 aliphatic carbocycles. The van der Waals surface area contributed by atoms with E-state index in [1.54, 1.807) is 12.3 Å². The zero-order valence-electron chi connectivity index (χ0n) is 13.6. The van der Waals surface area contributed by atoms with Gasteiger partial charge in [0.15, 0.2) is 0 Å². The fourth-order valence-corrected chi connectivity index (χ4v) is 2.78. The van der Waals surface area contributed by atoms with Crippen LogP contribution in [-0.2, 0) is 13.6 Å². The van der Waals surface area contributed by atoms with Gasteiger partial charge in [0.1, 0.15) is 17.3 Å². The molecular formula is C16H22N6O. The number of hydrogen-bond donors (Lipinski definition) is 1. The van der Waals surface area contributed by atoms with Gasteiger partial charge < -0.3 is 9.88 Å². The number of nitrogens with one attached hydrogen (secondary N) is 1. The summed E-state index contributed by atoms with van der Waals surface area (Å²) in [6.45, 7) is 4.65. The molecule has 1 aliphatic rings. The summed E-state index contributed by atoms with van der Waals surface area (Å²) in [4.78, 5) is 18.6. The maximum Gasteiger partial charge on any atom is 0.270 e. The van der Waals surface area contributed by atoms with Crippen molar-refractivity contribution in [1.82, 2.24) is 30.0 Å². The Balaban J connectivity index is 1.49. The molecule has 0 atom stereocenters. The molecule has 0 aromatic carbocycles. The molecule has 0 radical (unpaired) electrons. The van der Waals surface area contributed by atoms with Gasteiger partial charge >= 0.3 is 0 Å². The third-order valence-electron chi connectivity index (χ3n) is 4.37. The van der Waals surface area contributed by atoms with Crippen LogP contribution in [-0.4, -0.2) is 49.7 Å². The largest absolute Gasteiger partial charge is 0.348 e. The smallest absolute Gasteiger partial charge is 0.270 e. The Hall–Kier alpha value is -2.28. The maximum atomic E-state index is 12.1. The van der Waals surface area contributed by atoms with Crippen LogP contribution >= 0.6 is 0 Å². The molecule has 1 amide bonds. The van der Waals surface area contributed by atoms with E-state index in [0.717, 1.165) is 44.1 Å². The minimum absolute atomic E-state index is 0.0898. The van der Waals surface area contributed by atoms with Crippen LogP contribution in [0.5, 0.6) is 0 Å². The number of piperidine rings is 1. The second-order valence-electron chi connectivity index (χ2n) is 5.96. The van der Waals surface area contributed by atoms with Crippen molar-refractivity contribution < 1.29 is 4.79 Å². The van der Waals surface area contributed by atoms with E-state index >= 15 is 0 Å². The number of nitrogens with zero attached hydrogens (tertiary/aromatic N) is 5. The van der Waals surface area contributed by atoms with Crippen molar-refractivity contribution in [3.63, 3.8) is 0 Å². The number of aromatic nitrogens is 4. The van der Waals surface area contributed by atoms with E-state index in [-0.39, 0.29) is 11.9 Å². The molecule has 7 nitrogen and oxygen atoms in total. The minimum Gasteiger partial charge on any atom is -0.348 e. The Kier molecular flexibility index (Phi) is 4.66. The van der Waals surface area contributed by atoms with Crippen molar-refractivity contribution in [1.29, 1.82) is 0 Å². The quantitative estimate of drug-likeness (QED) is 0.908. The van der Waals surface area contributed by atoms with Crippen molar-refractivity contribution in [2.45, 2.75) is 32.4 Å². The predicted molar refractivity (Wildman–Crippen MR) is 85.7 cm³/mol. The zero-order chi connectivity index (χ0) is 16.2. The van der Waals surface area contributed by atoms with Gasteiger partial charge in [-0.1, -0.05) is 6.07 Å². The number of carbonyl (C=O) groups excluding carboxylic acids is 1. The molecule has 1 aliphatic heterocycles. The van der Waals surface area contributed by atoms with Crippen molar-refractivity contribution in [3.05, 3.63) is 41.7 Å². The van der Waals surface area contributed by atoms with Gasteiger partial charge in [-0.3, -0.25) is 14.7 Å². The van der Waals surface area contributed by atoms with E-state index in [1.807, 2.05) is 30.7 Å². The van der Waals surface area contributed by atoms with E-state index in [4.69, 9.17) is 0 Å². The predicted octanol–water partition coefficient (Wildman–Crippen LogP) is 0.913. The number of likely N-dealkylation sites (tertiary alicyclic amines) is 1. The van der Waals surface area contributed by atoms with Crippen LogP contribution in [0.1, 0.15) is 35.0 Å². The van der Waals surface area contributed by atoms with Crippen LogP contribution in [0.15, 0.2) is 24.4 Å². The molecule has 0 saturated carbocycles. The highest BCUT2D eigenvalue weighted by atomic mass is 16.1. The van der Waals surface area contributed by atoms with E-state index in [2.05, 4.69) is 25.4 Å². The number of carbonyl (C=O) groups is 1. The summed E-state index contributed by atoms with van der Waals surface area (Å²) in [7, 11) is 1.99. The lowest BCUT2D eigenvalue weighted by atomic mass is 10.0. The topological polar surface area (TPSA) is 75.9 Å². The van der Waals surface area contributed by atoms with Gasteiger partial charge in [-0.25, -0.2) is 0 Å². The Bertz CT molecular complexity index is 660. The number of amides is 1. The molecule has 1 saturated heterocycles. The van der Waals surface area contributed by atoms with Gasteiger partial charge in [-0.15, -0.1) is 10.2 Å². The normalized spacial score (nSPS) is 16.4. The summed E-state index contributed by atoms with van der Waals surface area (Å²) in [5.74, 6) is 1.82. The fourth-order valence-electron chi connectivity index (χ4n) is 2.78. The Morgan fingerprint density at radius 2 is 2.09 bits per heavy atom. The van der Waals surface area contributed by atoms with Gasteiger partial charge in [0, 0.05) is 32.4 Å². The molecular weight excluding hydrogens is 292 g/mol. The van der Waals surface area contributed by atoms with Crippen LogP contribution in [0.4, 0.5) is 0 Å². The molecule has 1 fully saturated rings. The first-order chi connectivity index (χ1) is 11.1. The van der Waals surface area contributed by atoms with E-state index in [0.29, 0.717) is 5.69 Å². The third kappa shape index (κ3) is 3.73. The minimum atomic E-state index is -0.0898. The van der Waals surface area contributed by atoms with Gasteiger partial charge in [-0.05, 0) is 31.9 Å². The Morgan fingerprint density at radius 1 is 1.30 bits per heavy atom. The van der Waals surface area contributed by atoms with E-state index < -0.39 is 0 Å². The maximum absolute atomic E-state index is 12.1. The first-order valence-corrected chi connectivity index (χ1v) is 7.92. The summed E-state index contributed by atoms with van der Waals surface area (Å²) < 4.78 is 2.02. The molecule has 0 spiro atoms. The number of rotatable bonds is 4. The van der Waals surface area contributed by atoms with E-state index in [1.165, 1.54) is 0 Å². The van der Waals surface area contributed by atoms with Gasteiger partial charge in [-0.2, -0.15) is 0 Å². The molecule has 2 aromatic heterocycles. The lowest BCUT2D eigenvalue weighted by Gasteiger charge is -2.31. The van der Waals surface area contributed by atoms with Gasteiger partial charge in [0.05, 0.1) is 6.54 Å². The second-order valence-corrected chi connectivity index (χ2v) is 5.96. The first kappa shape index (κ1) is 15.6. The molecule has 1 N–H and O–H groups in total. The average molecular weight is 314 g/mol. The van der Waals surface area contributed by atoms with Crippen LogP contribution in [0.3, 0.4) is 0 Å². The molecule has 0 bridgehead atoms. The number of aryl methyl sites for hydroxylation is 1. The molecule has 2 aromatic rings. The SMILES string of the molecule is Cc1nnc(CN2CCC(NC(=O)c3ccccn3)CC2)n1C. The highest BCUT2D eigenvalue weighted by molar-refractivity contribution is 5.92. The van der Waals surface area contributed by atoms with Crippen LogP contribution in [0, 0.1) is 6.92 Å². The summed E-state index contributed by atoms with van der Waals surface area (Å²) in [5, 5.41) is 11.4. The third-order valence-corrected chi connectivity index (χ3v) is 4.37. The molecule has 122 valence electrons. The Morgan fingerprint density at radius 3 is 2.70 bits per heavy atom. The van der Waals surface area contributed by atoms with E-state index in [9.17, 15) is 4.79 Å². The summed E-state index contributed by atoms with van der Waals surface area (Å²) in [5.41, 5.74) is 0.476. The lowest BCUT2D eigenvalue weighted by molar-refractivity contribution is 0.0902. The summed E-state index contributed by atoms with van der Waals surface area (Å²) in [6, 6.07) is 5.58. The van der Waals surface area contributed by atoms with Crippen LogP contribution < -0.4 is 5.32 Å². The number of hydrogen-bond acceptors (Lipinski definition) is 5. The summed E-state index contributed by atoms with van der Waals surface area (Å²) >= 11 is 0. The van der Waals surface area contributed by atoms with Crippen LogP contribution in [0.25, 0.3) is 0 Å². The molecule has 0 unspecified atom stereocenters. The molecule has 3 heterocycles. The second kappa shape index (κ2) is 6.87. The van der Waals surface area contributed by atoms with Gasteiger partial charge in [0.25, 0.3) is 5.91 Å². The Labute approximate surface area is 135 Å². The monoisotopic (exact) mass is 314 g/mol. The summed E-state index contributed by atoms with van der Waals surface area (Å²) in [6.07, 6.45) is 3.52. The van der Waals surface area contributed by atoms with Crippen molar-refractivity contribution in [2.75, 3.05) is 13.1 Å². The molecule has 7 heteroatoms. The highest BCUT2D eigenvalue weighted by Gasteiger charge is 2.22. The highest BCUT2D eigenvalue weighted by Crippen LogP contribution is 2.13. The zero-order valence-corrected chi connectivity index (χ0v) is 13.6.